The summed E-state index contributed by atoms with van der Waals surface area (Å²) in [5.74, 6) is -0.436. The molecule has 4 heteroatoms. The maximum atomic E-state index is 13.6. The van der Waals surface area contributed by atoms with Crippen LogP contribution in [0.25, 0.3) is 0 Å². The van der Waals surface area contributed by atoms with E-state index in [-0.39, 0.29) is 11.7 Å². The Kier molecular flexibility index (Phi) is 5.04. The second kappa shape index (κ2) is 6.82. The first-order chi connectivity index (χ1) is 10.8. The fourth-order valence-electron chi connectivity index (χ4n) is 2.61. The first kappa shape index (κ1) is 17.0. The number of aryl methyl sites for hydroxylation is 4. The van der Waals surface area contributed by atoms with E-state index in [0.717, 1.165) is 16.8 Å². The molecule has 2 aromatic carbocycles. The van der Waals surface area contributed by atoms with Crippen molar-refractivity contribution >= 4 is 17.3 Å². The SMILES string of the molecule is Cc1cc(C)c(NC(=O)[C@H](C)Nc2ccc(C)c(F)c2)c(C)c1. The standard InChI is InChI=1S/C19H23FN2O/c1-11-8-13(3)18(14(4)9-11)22-19(23)15(5)21-16-7-6-12(2)17(20)10-16/h6-10,15,21H,1-5H3,(H,22,23)/t15-/m0/s1. The van der Waals surface area contributed by atoms with Crippen LogP contribution >= 0.6 is 0 Å². The highest BCUT2D eigenvalue weighted by Gasteiger charge is 2.15. The molecule has 1 atom stereocenters. The van der Waals surface area contributed by atoms with Crippen molar-refractivity contribution in [1.29, 1.82) is 0 Å². The van der Waals surface area contributed by atoms with E-state index in [0.29, 0.717) is 11.3 Å². The lowest BCUT2D eigenvalue weighted by molar-refractivity contribution is -0.116. The summed E-state index contributed by atoms with van der Waals surface area (Å²) in [7, 11) is 0. The normalized spacial score (nSPS) is 11.9. The van der Waals surface area contributed by atoms with E-state index in [1.54, 1.807) is 26.0 Å². The van der Waals surface area contributed by atoms with Gasteiger partial charge in [-0.25, -0.2) is 4.39 Å². The molecule has 0 saturated heterocycles. The lowest BCUT2D eigenvalue weighted by Crippen LogP contribution is -2.32. The maximum absolute atomic E-state index is 13.6. The number of hydrogen-bond donors (Lipinski definition) is 2. The van der Waals surface area contributed by atoms with Crippen molar-refractivity contribution in [3.8, 4) is 0 Å². The molecule has 0 heterocycles. The molecule has 0 fully saturated rings. The van der Waals surface area contributed by atoms with Gasteiger partial charge in [0.25, 0.3) is 0 Å². The molecule has 0 aliphatic rings. The van der Waals surface area contributed by atoms with Gasteiger partial charge in [0.2, 0.25) is 5.91 Å². The highest BCUT2D eigenvalue weighted by molar-refractivity contribution is 5.97. The molecule has 1 amide bonds. The third-order valence-electron chi connectivity index (χ3n) is 3.87. The van der Waals surface area contributed by atoms with E-state index in [9.17, 15) is 9.18 Å². The van der Waals surface area contributed by atoms with Crippen molar-refractivity contribution in [2.24, 2.45) is 0 Å². The van der Waals surface area contributed by atoms with Crippen LogP contribution in [0.1, 0.15) is 29.2 Å². The Hall–Kier alpha value is -2.36. The summed E-state index contributed by atoms with van der Waals surface area (Å²) in [5.41, 5.74) is 5.24. The van der Waals surface area contributed by atoms with E-state index in [1.807, 2.05) is 32.9 Å². The van der Waals surface area contributed by atoms with Gasteiger partial charge >= 0.3 is 0 Å². The van der Waals surface area contributed by atoms with Crippen molar-refractivity contribution in [3.05, 3.63) is 58.4 Å². The Morgan fingerprint density at radius 2 is 1.61 bits per heavy atom. The molecular formula is C19H23FN2O. The minimum Gasteiger partial charge on any atom is -0.374 e. The molecule has 0 spiro atoms. The summed E-state index contributed by atoms with van der Waals surface area (Å²) in [4.78, 5) is 12.4. The first-order valence-corrected chi connectivity index (χ1v) is 7.69. The molecule has 0 aliphatic heterocycles. The second-order valence-corrected chi connectivity index (χ2v) is 6.09. The van der Waals surface area contributed by atoms with Gasteiger partial charge in [-0.2, -0.15) is 0 Å². The van der Waals surface area contributed by atoms with Gasteiger partial charge in [0.1, 0.15) is 11.9 Å². The van der Waals surface area contributed by atoms with Crippen LogP contribution in [0.4, 0.5) is 15.8 Å². The molecule has 0 radical (unpaired) electrons. The molecule has 0 saturated carbocycles. The highest BCUT2D eigenvalue weighted by Crippen LogP contribution is 2.22. The Balaban J connectivity index is 2.10. The number of benzene rings is 2. The van der Waals surface area contributed by atoms with E-state index in [2.05, 4.69) is 10.6 Å². The van der Waals surface area contributed by atoms with Gasteiger partial charge in [0.15, 0.2) is 0 Å². The molecule has 3 nitrogen and oxygen atoms in total. The predicted octanol–water partition coefficient (Wildman–Crippen LogP) is 4.50. The Bertz CT molecular complexity index is 717. The van der Waals surface area contributed by atoms with Crippen LogP contribution in [0.3, 0.4) is 0 Å². The van der Waals surface area contributed by atoms with Gasteiger partial charge in [-0.15, -0.1) is 0 Å². The zero-order chi connectivity index (χ0) is 17.1. The molecule has 122 valence electrons. The smallest absolute Gasteiger partial charge is 0.246 e. The average Bonchev–Trinajstić information content (AvgIpc) is 2.46. The lowest BCUT2D eigenvalue weighted by atomic mass is 10.0. The summed E-state index contributed by atoms with van der Waals surface area (Å²) in [5, 5.41) is 5.98. The van der Waals surface area contributed by atoms with Gasteiger partial charge < -0.3 is 10.6 Å². The molecule has 0 unspecified atom stereocenters. The van der Waals surface area contributed by atoms with E-state index < -0.39 is 6.04 Å². The van der Waals surface area contributed by atoms with Gasteiger partial charge in [0.05, 0.1) is 0 Å². The third-order valence-corrected chi connectivity index (χ3v) is 3.87. The number of carbonyl (C=O) groups excluding carboxylic acids is 1. The van der Waals surface area contributed by atoms with Crippen molar-refractivity contribution in [3.63, 3.8) is 0 Å². The number of rotatable bonds is 4. The molecule has 2 rings (SSSR count). The average molecular weight is 314 g/mol. The van der Waals surface area contributed by atoms with Crippen molar-refractivity contribution in [2.75, 3.05) is 10.6 Å². The number of hydrogen-bond acceptors (Lipinski definition) is 2. The fraction of sp³-hybridized carbons (Fsp3) is 0.316. The quantitative estimate of drug-likeness (QED) is 0.872. The maximum Gasteiger partial charge on any atom is 0.246 e. The van der Waals surface area contributed by atoms with Crippen LogP contribution in [0.5, 0.6) is 0 Å². The summed E-state index contributed by atoms with van der Waals surface area (Å²) < 4.78 is 13.6. The van der Waals surface area contributed by atoms with Crippen LogP contribution in [-0.2, 0) is 4.79 Å². The largest absolute Gasteiger partial charge is 0.374 e. The summed E-state index contributed by atoms with van der Waals surface area (Å²) in [6.45, 7) is 9.44. The Morgan fingerprint density at radius 3 is 2.17 bits per heavy atom. The van der Waals surface area contributed by atoms with Gasteiger partial charge in [0, 0.05) is 11.4 Å². The molecule has 2 aromatic rings. The predicted molar refractivity (Wildman–Crippen MR) is 93.5 cm³/mol. The molecule has 2 N–H and O–H groups in total. The number of anilines is 2. The first-order valence-electron chi connectivity index (χ1n) is 7.69. The second-order valence-electron chi connectivity index (χ2n) is 6.09. The minimum absolute atomic E-state index is 0.152. The van der Waals surface area contributed by atoms with Crippen molar-refractivity contribution in [2.45, 2.75) is 40.7 Å². The number of carbonyl (C=O) groups is 1. The van der Waals surface area contributed by atoms with Crippen molar-refractivity contribution < 1.29 is 9.18 Å². The van der Waals surface area contributed by atoms with Crippen molar-refractivity contribution in [1.82, 2.24) is 0 Å². The molecule has 0 aromatic heterocycles. The molecule has 23 heavy (non-hydrogen) atoms. The van der Waals surface area contributed by atoms with E-state index in [1.165, 1.54) is 11.6 Å². The number of amides is 1. The zero-order valence-corrected chi connectivity index (χ0v) is 14.3. The topological polar surface area (TPSA) is 41.1 Å². The van der Waals surface area contributed by atoms with Crippen LogP contribution in [0, 0.1) is 33.5 Å². The third kappa shape index (κ3) is 4.09. The van der Waals surface area contributed by atoms with Crippen LogP contribution in [-0.4, -0.2) is 11.9 Å². The Labute approximate surface area is 136 Å². The van der Waals surface area contributed by atoms with Gasteiger partial charge in [-0.1, -0.05) is 23.8 Å². The fourth-order valence-corrected chi connectivity index (χ4v) is 2.61. The zero-order valence-electron chi connectivity index (χ0n) is 14.3. The summed E-state index contributed by atoms with van der Waals surface area (Å²) in [6.07, 6.45) is 0. The van der Waals surface area contributed by atoms with Crippen LogP contribution in [0.2, 0.25) is 0 Å². The number of halogens is 1. The van der Waals surface area contributed by atoms with Gasteiger partial charge in [-0.3, -0.25) is 4.79 Å². The Morgan fingerprint density at radius 1 is 1.00 bits per heavy atom. The monoisotopic (exact) mass is 314 g/mol. The summed E-state index contributed by atoms with van der Waals surface area (Å²) >= 11 is 0. The number of nitrogens with one attached hydrogen (secondary N) is 2. The van der Waals surface area contributed by atoms with Crippen LogP contribution < -0.4 is 10.6 Å². The molecule has 0 bridgehead atoms. The molecule has 0 aliphatic carbocycles. The van der Waals surface area contributed by atoms with Gasteiger partial charge in [-0.05, 0) is 63.4 Å². The van der Waals surface area contributed by atoms with Crippen LogP contribution in [0.15, 0.2) is 30.3 Å². The minimum atomic E-state index is -0.475. The lowest BCUT2D eigenvalue weighted by Gasteiger charge is -2.18. The molecular weight excluding hydrogens is 291 g/mol. The van der Waals surface area contributed by atoms with E-state index >= 15 is 0 Å². The summed E-state index contributed by atoms with van der Waals surface area (Å²) in [6, 6.07) is 8.46. The van der Waals surface area contributed by atoms with E-state index in [4.69, 9.17) is 0 Å². The highest BCUT2D eigenvalue weighted by atomic mass is 19.1.